The number of aryl methyl sites for hydroxylation is 1. The lowest BCUT2D eigenvalue weighted by molar-refractivity contribution is -0.299. The Hall–Kier alpha value is -1.96. The molecule has 14 heteroatoms. The van der Waals surface area contributed by atoms with Gasteiger partial charge in [-0.05, 0) is 6.92 Å². The van der Waals surface area contributed by atoms with Gasteiger partial charge in [-0.2, -0.15) is 26.3 Å². The van der Waals surface area contributed by atoms with Crippen molar-refractivity contribution in [3.05, 3.63) is 24.9 Å². The van der Waals surface area contributed by atoms with Crippen LogP contribution in [0.3, 0.4) is 0 Å². The van der Waals surface area contributed by atoms with Crippen LogP contribution in [0.1, 0.15) is 6.92 Å². The van der Waals surface area contributed by atoms with Gasteiger partial charge in [-0.25, -0.2) is 13.4 Å². The number of halogens is 6. The molecule has 0 spiro atoms. The van der Waals surface area contributed by atoms with E-state index in [1.54, 1.807) is 10.3 Å². The number of hydrogen-bond acceptors (Lipinski definition) is 5. The zero-order valence-electron chi connectivity index (χ0n) is 12.2. The van der Waals surface area contributed by atoms with Gasteiger partial charge in [0.25, 0.3) is 10.0 Å². The summed E-state index contributed by atoms with van der Waals surface area (Å²) in [7, 11) is -2.86. The Bertz CT molecular complexity index is 694. The Morgan fingerprint density at radius 1 is 1.21 bits per heavy atom. The molecule has 1 heterocycles. The summed E-state index contributed by atoms with van der Waals surface area (Å²) in [5, 5.41) is 0.594. The molecular weight excluding hydrogens is 368 g/mol. The van der Waals surface area contributed by atoms with Crippen molar-refractivity contribution >= 4 is 10.0 Å². The second kappa shape index (κ2) is 6.16. The van der Waals surface area contributed by atoms with E-state index in [1.807, 2.05) is 0 Å². The van der Waals surface area contributed by atoms with Gasteiger partial charge < -0.3 is 9.88 Å². The van der Waals surface area contributed by atoms with Crippen LogP contribution >= 0.6 is 0 Å². The lowest BCUT2D eigenvalue weighted by atomic mass is 10.0. The fourth-order valence-corrected chi connectivity index (χ4v) is 2.20. The molecule has 7 nitrogen and oxygen atoms in total. The zero-order valence-corrected chi connectivity index (χ0v) is 13.1. The Kier molecular flexibility index (Phi) is 5.15. The van der Waals surface area contributed by atoms with E-state index in [2.05, 4.69) is 11.6 Å². The second-order valence-electron chi connectivity index (χ2n) is 4.83. The molecule has 0 atom stereocenters. The summed E-state index contributed by atoms with van der Waals surface area (Å²) >= 11 is 0. The molecule has 1 aromatic heterocycles. The Balaban J connectivity index is 2.85. The summed E-state index contributed by atoms with van der Waals surface area (Å²) in [6.45, 7) is 2.75. The van der Waals surface area contributed by atoms with Crippen LogP contribution in [0, 0.1) is 0 Å². The van der Waals surface area contributed by atoms with Gasteiger partial charge in [-0.15, -0.1) is 4.83 Å². The van der Waals surface area contributed by atoms with Crippen LogP contribution in [0.2, 0.25) is 0 Å². The Morgan fingerprint density at radius 2 is 1.71 bits per heavy atom. The molecule has 0 fully saturated rings. The van der Waals surface area contributed by atoms with Crippen molar-refractivity contribution in [3.8, 4) is 0 Å². The molecular formula is C10H13F6N5O2S. The average molecular weight is 381 g/mol. The highest BCUT2D eigenvalue weighted by Crippen LogP contribution is 2.42. The molecule has 24 heavy (non-hydrogen) atoms. The predicted molar refractivity (Wildman–Crippen MR) is 69.5 cm³/mol. The van der Waals surface area contributed by atoms with Crippen LogP contribution in [0.15, 0.2) is 30.0 Å². The van der Waals surface area contributed by atoms with Gasteiger partial charge in [-0.1, -0.05) is 6.58 Å². The minimum Gasteiger partial charge on any atom is -0.350 e. The smallest absolute Gasteiger partial charge is 0.350 e. The van der Waals surface area contributed by atoms with Crippen LogP contribution in [-0.4, -0.2) is 35.9 Å². The van der Waals surface area contributed by atoms with Gasteiger partial charge in [0.2, 0.25) is 5.54 Å². The molecule has 0 unspecified atom stereocenters. The van der Waals surface area contributed by atoms with E-state index in [9.17, 15) is 34.8 Å². The number of hydrogen-bond donors (Lipinski definition) is 3. The van der Waals surface area contributed by atoms with Crippen molar-refractivity contribution in [2.45, 2.75) is 29.8 Å². The van der Waals surface area contributed by atoms with Crippen molar-refractivity contribution in [2.75, 3.05) is 0 Å². The molecule has 0 aliphatic heterocycles. The Labute approximate surface area is 132 Å². The minimum atomic E-state index is -5.71. The van der Waals surface area contributed by atoms with Gasteiger partial charge in [0.1, 0.15) is 5.82 Å². The first-order valence-electron chi connectivity index (χ1n) is 5.96. The van der Waals surface area contributed by atoms with Gasteiger partial charge in [0.05, 0.1) is 6.33 Å². The van der Waals surface area contributed by atoms with Crippen LogP contribution in [0.5, 0.6) is 0 Å². The number of sulfonamides is 1. The molecule has 138 valence electrons. The molecule has 0 aromatic carbocycles. The molecule has 0 saturated heterocycles. The number of hydrazine groups is 1. The normalized spacial score (nSPS) is 13.7. The van der Waals surface area contributed by atoms with Gasteiger partial charge in [0, 0.05) is 13.2 Å². The Morgan fingerprint density at radius 3 is 2.08 bits per heavy atom. The standard InChI is InChI=1S/C10H13F6N5O2S/c1-6(18-8(2,9(11,12)13)10(14,15)16)19-20-24(22,23)7-4-21(3)5-17-7/h4-5,18-20H,1H2,2-3H3. The topological polar surface area (TPSA) is 88.0 Å². The number of imidazole rings is 1. The minimum absolute atomic E-state index is 0.146. The summed E-state index contributed by atoms with van der Waals surface area (Å²) in [5.74, 6) is -1.06. The first kappa shape index (κ1) is 20.1. The van der Waals surface area contributed by atoms with Crippen molar-refractivity contribution in [3.63, 3.8) is 0 Å². The van der Waals surface area contributed by atoms with Crippen molar-refractivity contribution in [1.29, 1.82) is 0 Å². The second-order valence-corrected chi connectivity index (χ2v) is 6.46. The number of nitrogens with zero attached hydrogens (tertiary/aromatic N) is 2. The summed E-state index contributed by atoms with van der Waals surface area (Å²) in [5.41, 5.74) is -2.70. The molecule has 0 bridgehead atoms. The molecule has 3 N–H and O–H groups in total. The maximum absolute atomic E-state index is 12.7. The van der Waals surface area contributed by atoms with E-state index in [0.29, 0.717) is 0 Å². The third-order valence-corrected chi connectivity index (χ3v) is 3.96. The van der Waals surface area contributed by atoms with E-state index < -0.39 is 38.8 Å². The molecule has 1 rings (SSSR count). The van der Waals surface area contributed by atoms with E-state index in [-0.39, 0.29) is 6.92 Å². The molecule has 0 aliphatic carbocycles. The van der Waals surface area contributed by atoms with Crippen molar-refractivity contribution < 1.29 is 34.8 Å². The van der Waals surface area contributed by atoms with E-state index in [1.165, 1.54) is 11.6 Å². The number of alkyl halides is 6. The van der Waals surface area contributed by atoms with Crippen LogP contribution in [0.25, 0.3) is 0 Å². The van der Waals surface area contributed by atoms with E-state index in [0.717, 1.165) is 17.8 Å². The number of aromatic nitrogens is 2. The summed E-state index contributed by atoms with van der Waals surface area (Å²) in [6, 6.07) is 0. The largest absolute Gasteiger partial charge is 0.420 e. The van der Waals surface area contributed by atoms with Crippen LogP contribution < -0.4 is 15.6 Å². The summed E-state index contributed by atoms with van der Waals surface area (Å²) < 4.78 is 101. The molecule has 0 amide bonds. The van der Waals surface area contributed by atoms with Gasteiger partial charge in [0.15, 0.2) is 5.03 Å². The highest BCUT2D eigenvalue weighted by Gasteiger charge is 2.68. The van der Waals surface area contributed by atoms with Gasteiger partial charge in [-0.3, -0.25) is 5.43 Å². The van der Waals surface area contributed by atoms with Crippen molar-refractivity contribution in [1.82, 2.24) is 25.1 Å². The predicted octanol–water partition coefficient (Wildman–Crippen LogP) is 1.15. The van der Waals surface area contributed by atoms with E-state index in [4.69, 9.17) is 0 Å². The lowest BCUT2D eigenvalue weighted by Gasteiger charge is -2.36. The molecule has 0 aliphatic rings. The highest BCUT2D eigenvalue weighted by atomic mass is 32.2. The number of nitrogens with one attached hydrogen (secondary N) is 3. The fourth-order valence-electron chi connectivity index (χ4n) is 1.34. The van der Waals surface area contributed by atoms with Crippen LogP contribution in [0.4, 0.5) is 26.3 Å². The van der Waals surface area contributed by atoms with Gasteiger partial charge >= 0.3 is 12.4 Å². The third kappa shape index (κ3) is 4.11. The number of rotatable bonds is 6. The quantitative estimate of drug-likeness (QED) is 0.508. The third-order valence-electron chi connectivity index (χ3n) is 2.83. The van der Waals surface area contributed by atoms with Crippen LogP contribution in [-0.2, 0) is 17.1 Å². The lowest BCUT2D eigenvalue weighted by Crippen LogP contribution is -2.65. The first-order valence-corrected chi connectivity index (χ1v) is 7.45. The maximum Gasteiger partial charge on any atom is 0.420 e. The van der Waals surface area contributed by atoms with E-state index >= 15 is 0 Å². The molecule has 0 radical (unpaired) electrons. The SMILES string of the molecule is C=C(NNS(=O)(=O)c1cn(C)cn1)NC(C)(C(F)(F)F)C(F)(F)F. The first-order chi connectivity index (χ1) is 10.6. The fraction of sp³-hybridized carbons (Fsp3) is 0.500. The summed E-state index contributed by atoms with van der Waals surface area (Å²) in [4.78, 5) is 5.04. The molecule has 1 aromatic rings. The maximum atomic E-state index is 12.7. The van der Waals surface area contributed by atoms with Crippen molar-refractivity contribution in [2.24, 2.45) is 7.05 Å². The summed E-state index contributed by atoms with van der Waals surface area (Å²) in [6.07, 6.45) is -9.23. The average Bonchev–Trinajstić information content (AvgIpc) is 2.81. The monoisotopic (exact) mass is 381 g/mol. The molecule has 0 saturated carbocycles. The zero-order chi connectivity index (χ0) is 19.0. The highest BCUT2D eigenvalue weighted by molar-refractivity contribution is 7.89.